The molecule has 1 heterocycles. The number of fused-ring (bicyclic) bond motifs is 1. The summed E-state index contributed by atoms with van der Waals surface area (Å²) in [5.41, 5.74) is 2.08. The number of allylic oxidation sites excluding steroid dienone is 5. The minimum atomic E-state index is -0.317. The summed E-state index contributed by atoms with van der Waals surface area (Å²) in [7, 11) is 0. The molecule has 0 radical (unpaired) electrons. The number of hydrogen-bond donors (Lipinski definition) is 0. The Bertz CT molecular complexity index is 641. The molecule has 0 spiro atoms. The molecule has 1 aromatic carbocycles. The van der Waals surface area contributed by atoms with E-state index >= 15 is 0 Å². The molecule has 0 aliphatic carbocycles. The van der Waals surface area contributed by atoms with Crippen LogP contribution in [0, 0.1) is 5.82 Å². The Morgan fingerprint density at radius 1 is 1.48 bits per heavy atom. The molecule has 3 heteroatoms. The van der Waals surface area contributed by atoms with E-state index in [2.05, 4.69) is 6.58 Å². The second kappa shape index (κ2) is 6.77. The van der Waals surface area contributed by atoms with Crippen LogP contribution < -0.4 is 4.74 Å². The van der Waals surface area contributed by atoms with Crippen molar-refractivity contribution < 1.29 is 9.13 Å². The lowest BCUT2D eigenvalue weighted by molar-refractivity contribution is 0.240. The minimum absolute atomic E-state index is 0.00364. The Labute approximate surface area is 130 Å². The first-order valence-corrected chi connectivity index (χ1v) is 7.32. The maximum Gasteiger partial charge on any atom is 0.135 e. The van der Waals surface area contributed by atoms with Gasteiger partial charge in [-0.05, 0) is 31.6 Å². The fourth-order valence-corrected chi connectivity index (χ4v) is 2.43. The zero-order chi connectivity index (χ0) is 15.4. The van der Waals surface area contributed by atoms with Gasteiger partial charge in [0.2, 0.25) is 0 Å². The van der Waals surface area contributed by atoms with Gasteiger partial charge in [0.05, 0.1) is 0 Å². The van der Waals surface area contributed by atoms with E-state index in [-0.39, 0.29) is 11.9 Å². The summed E-state index contributed by atoms with van der Waals surface area (Å²) in [5.74, 6) is 0.348. The van der Waals surface area contributed by atoms with Crippen molar-refractivity contribution in [3.63, 3.8) is 0 Å². The lowest BCUT2D eigenvalue weighted by atomic mass is 9.97. The van der Waals surface area contributed by atoms with Gasteiger partial charge in [-0.2, -0.15) is 0 Å². The van der Waals surface area contributed by atoms with Crippen LogP contribution in [-0.4, -0.2) is 6.10 Å². The summed E-state index contributed by atoms with van der Waals surface area (Å²) in [6, 6.07) is 2.92. The summed E-state index contributed by atoms with van der Waals surface area (Å²) in [5, 5.41) is 0.465. The highest BCUT2D eigenvalue weighted by Gasteiger charge is 2.20. The smallest absolute Gasteiger partial charge is 0.135 e. The van der Waals surface area contributed by atoms with E-state index in [1.165, 1.54) is 12.1 Å². The van der Waals surface area contributed by atoms with Crippen LogP contribution in [0.25, 0.3) is 11.6 Å². The predicted molar refractivity (Wildman–Crippen MR) is 87.9 cm³/mol. The van der Waals surface area contributed by atoms with Crippen LogP contribution in [0.3, 0.4) is 0 Å². The standard InChI is InChI=1S/C18H18ClFO/c1-4-7-15(17(19)6-3)16-11-13(20)10-12-8-9-14(5-2)21-18(12)16/h4,6-11,14H,3,5H2,1-2H3/b7-4-,17-15-/t14-/m0/s1. The number of halogens is 2. The molecule has 0 N–H and O–H groups in total. The Morgan fingerprint density at radius 2 is 2.24 bits per heavy atom. The average molecular weight is 305 g/mol. The van der Waals surface area contributed by atoms with Gasteiger partial charge >= 0.3 is 0 Å². The lowest BCUT2D eigenvalue weighted by Crippen LogP contribution is -2.17. The van der Waals surface area contributed by atoms with E-state index in [4.69, 9.17) is 16.3 Å². The van der Waals surface area contributed by atoms with E-state index < -0.39 is 0 Å². The van der Waals surface area contributed by atoms with Crippen LogP contribution in [0.1, 0.15) is 31.4 Å². The number of benzene rings is 1. The Hall–Kier alpha value is -1.80. The topological polar surface area (TPSA) is 9.23 Å². The van der Waals surface area contributed by atoms with E-state index in [0.29, 0.717) is 21.9 Å². The maximum atomic E-state index is 13.9. The van der Waals surface area contributed by atoms with Gasteiger partial charge in [-0.15, -0.1) is 0 Å². The van der Waals surface area contributed by atoms with Crippen molar-refractivity contribution in [2.75, 3.05) is 0 Å². The summed E-state index contributed by atoms with van der Waals surface area (Å²) < 4.78 is 19.9. The van der Waals surface area contributed by atoms with E-state index in [1.54, 1.807) is 6.08 Å². The highest BCUT2D eigenvalue weighted by molar-refractivity contribution is 6.35. The first-order valence-electron chi connectivity index (χ1n) is 6.94. The molecule has 0 aromatic heterocycles. The minimum Gasteiger partial charge on any atom is -0.485 e. The molecular weight excluding hydrogens is 287 g/mol. The number of rotatable bonds is 4. The van der Waals surface area contributed by atoms with Gasteiger partial charge in [0.1, 0.15) is 17.7 Å². The van der Waals surface area contributed by atoms with Crippen molar-refractivity contribution in [2.24, 2.45) is 0 Å². The molecule has 0 saturated heterocycles. The normalized spacial score (nSPS) is 18.2. The first-order chi connectivity index (χ1) is 10.1. The summed E-state index contributed by atoms with van der Waals surface area (Å²) in [6.45, 7) is 7.61. The van der Waals surface area contributed by atoms with Gasteiger partial charge < -0.3 is 4.74 Å². The van der Waals surface area contributed by atoms with Gasteiger partial charge in [-0.3, -0.25) is 0 Å². The molecule has 0 unspecified atom stereocenters. The van der Waals surface area contributed by atoms with Crippen molar-refractivity contribution in [3.05, 3.63) is 65.0 Å². The molecular formula is C18H18ClFO. The van der Waals surface area contributed by atoms with E-state index in [1.807, 2.05) is 38.2 Å². The van der Waals surface area contributed by atoms with Crippen LogP contribution in [0.2, 0.25) is 0 Å². The largest absolute Gasteiger partial charge is 0.485 e. The number of hydrogen-bond acceptors (Lipinski definition) is 1. The van der Waals surface area contributed by atoms with Gasteiger partial charge in [0, 0.05) is 21.7 Å². The third-order valence-corrected chi connectivity index (χ3v) is 3.66. The monoisotopic (exact) mass is 304 g/mol. The SMILES string of the molecule is C=C/C(Cl)=C(\C=C/C)c1cc(F)cc2c1O[C@@H](CC)C=C2. The van der Waals surface area contributed by atoms with Gasteiger partial charge in [0.15, 0.2) is 0 Å². The molecule has 1 atom stereocenters. The second-order valence-corrected chi connectivity index (χ2v) is 5.17. The summed E-state index contributed by atoms with van der Waals surface area (Å²) >= 11 is 6.22. The van der Waals surface area contributed by atoms with Crippen LogP contribution in [0.4, 0.5) is 4.39 Å². The third kappa shape index (κ3) is 3.27. The molecule has 1 aromatic rings. The van der Waals surface area contributed by atoms with Crippen molar-refractivity contribution in [1.29, 1.82) is 0 Å². The van der Waals surface area contributed by atoms with Crippen LogP contribution in [-0.2, 0) is 0 Å². The zero-order valence-electron chi connectivity index (χ0n) is 12.2. The van der Waals surface area contributed by atoms with Gasteiger partial charge in [-0.25, -0.2) is 4.39 Å². The third-order valence-electron chi connectivity index (χ3n) is 3.30. The van der Waals surface area contributed by atoms with Crippen molar-refractivity contribution >= 4 is 23.3 Å². The quantitative estimate of drug-likeness (QED) is 0.646. The van der Waals surface area contributed by atoms with Crippen molar-refractivity contribution in [1.82, 2.24) is 0 Å². The van der Waals surface area contributed by atoms with E-state index in [9.17, 15) is 4.39 Å². The summed E-state index contributed by atoms with van der Waals surface area (Å²) in [6.07, 6.45) is 9.93. The molecule has 0 fully saturated rings. The van der Waals surface area contributed by atoms with Gasteiger partial charge in [0.25, 0.3) is 0 Å². The van der Waals surface area contributed by atoms with Gasteiger partial charge in [-0.1, -0.05) is 49.4 Å². The van der Waals surface area contributed by atoms with Crippen molar-refractivity contribution in [3.8, 4) is 5.75 Å². The second-order valence-electron chi connectivity index (χ2n) is 4.76. The molecule has 0 bridgehead atoms. The zero-order valence-corrected chi connectivity index (χ0v) is 13.0. The Balaban J connectivity index is 2.67. The molecule has 21 heavy (non-hydrogen) atoms. The predicted octanol–water partition coefficient (Wildman–Crippen LogP) is 5.72. The number of ether oxygens (including phenoxy) is 1. The van der Waals surface area contributed by atoms with E-state index in [0.717, 1.165) is 12.0 Å². The fourth-order valence-electron chi connectivity index (χ4n) is 2.27. The molecule has 110 valence electrons. The fraction of sp³-hybridized carbons (Fsp3) is 0.222. The lowest BCUT2D eigenvalue weighted by Gasteiger charge is -2.23. The van der Waals surface area contributed by atoms with Crippen LogP contribution in [0.15, 0.2) is 48.0 Å². The molecule has 1 aliphatic rings. The maximum absolute atomic E-state index is 13.9. The average Bonchev–Trinajstić information content (AvgIpc) is 2.50. The molecule has 0 amide bonds. The Kier molecular flexibility index (Phi) is 5.03. The van der Waals surface area contributed by atoms with Crippen LogP contribution in [0.5, 0.6) is 5.75 Å². The van der Waals surface area contributed by atoms with Crippen molar-refractivity contribution in [2.45, 2.75) is 26.4 Å². The first kappa shape index (κ1) is 15.6. The molecule has 1 nitrogen and oxygen atoms in total. The molecule has 0 saturated carbocycles. The van der Waals surface area contributed by atoms with Crippen LogP contribution >= 0.6 is 11.6 Å². The molecule has 2 rings (SSSR count). The summed E-state index contributed by atoms with van der Waals surface area (Å²) in [4.78, 5) is 0. The highest BCUT2D eigenvalue weighted by Crippen LogP contribution is 2.38. The Morgan fingerprint density at radius 3 is 2.86 bits per heavy atom. The highest BCUT2D eigenvalue weighted by atomic mass is 35.5. The molecule has 1 aliphatic heterocycles.